The molecule has 0 aromatic heterocycles. The number of anilines is 2. The van der Waals surface area contributed by atoms with E-state index in [9.17, 15) is 22.4 Å². The lowest BCUT2D eigenvalue weighted by Gasteiger charge is -2.38. The van der Waals surface area contributed by atoms with Crippen LogP contribution in [0.5, 0.6) is 11.5 Å². The molecule has 2 aromatic carbocycles. The van der Waals surface area contributed by atoms with E-state index in [-0.39, 0.29) is 29.6 Å². The van der Waals surface area contributed by atoms with Gasteiger partial charge in [0.05, 0.1) is 11.4 Å². The number of nitrogen functional groups attached to an aromatic ring is 1. The highest BCUT2D eigenvalue weighted by Gasteiger charge is 2.41. The van der Waals surface area contributed by atoms with Gasteiger partial charge < -0.3 is 25.0 Å². The molecule has 192 valence electrons. The van der Waals surface area contributed by atoms with Crippen molar-refractivity contribution in [2.24, 2.45) is 5.92 Å². The van der Waals surface area contributed by atoms with Crippen LogP contribution >= 0.6 is 0 Å². The highest BCUT2D eigenvalue weighted by molar-refractivity contribution is 5.76. The van der Waals surface area contributed by atoms with Crippen molar-refractivity contribution in [1.29, 1.82) is 0 Å². The molecule has 1 saturated heterocycles. The standard InChI is InChI=1S/C25H31F4N3O3/c1-24(2,3)35-23(33)31(4)14-16-8-7-13-32(15-16)22-18(30)11-12-20(21(22)25(27,28)29)34-19-10-6-5-9-17(19)26/h5-6,9-12,16H,7-8,13-15,30H2,1-4H3/t16-/m0/s1. The minimum absolute atomic E-state index is 0.0562. The van der Waals surface area contributed by atoms with E-state index in [0.29, 0.717) is 19.5 Å². The molecule has 0 bridgehead atoms. The second-order valence-corrected chi connectivity index (χ2v) is 9.72. The molecule has 2 aromatic rings. The Morgan fingerprint density at radius 2 is 1.83 bits per heavy atom. The maximum Gasteiger partial charge on any atom is 0.422 e. The molecule has 3 rings (SSSR count). The number of piperidine rings is 1. The number of ether oxygens (including phenoxy) is 2. The van der Waals surface area contributed by atoms with Crippen LogP contribution in [-0.4, -0.2) is 43.3 Å². The van der Waals surface area contributed by atoms with Crippen molar-refractivity contribution in [3.8, 4) is 11.5 Å². The van der Waals surface area contributed by atoms with Gasteiger partial charge in [-0.05, 0) is 63.8 Å². The van der Waals surface area contributed by atoms with Crippen LogP contribution in [0, 0.1) is 11.7 Å². The molecule has 1 amide bonds. The van der Waals surface area contributed by atoms with E-state index in [2.05, 4.69) is 0 Å². The molecule has 6 nitrogen and oxygen atoms in total. The SMILES string of the molecule is CN(C[C@@H]1CCCN(c2c(N)ccc(Oc3ccccc3F)c2C(F)(F)F)C1)C(=O)OC(C)(C)C. The zero-order valence-electron chi connectivity index (χ0n) is 20.3. The van der Waals surface area contributed by atoms with E-state index >= 15 is 0 Å². The average molecular weight is 498 g/mol. The zero-order chi connectivity index (χ0) is 26.0. The van der Waals surface area contributed by atoms with Crippen molar-refractivity contribution in [2.45, 2.75) is 45.4 Å². The summed E-state index contributed by atoms with van der Waals surface area (Å²) in [6, 6.07) is 7.69. The average Bonchev–Trinajstić information content (AvgIpc) is 2.74. The van der Waals surface area contributed by atoms with E-state index in [1.807, 2.05) is 0 Å². The molecule has 2 N–H and O–H groups in total. The summed E-state index contributed by atoms with van der Waals surface area (Å²) in [5, 5.41) is 0. The van der Waals surface area contributed by atoms with Gasteiger partial charge in [0, 0.05) is 26.7 Å². The minimum Gasteiger partial charge on any atom is -0.454 e. The number of benzene rings is 2. The van der Waals surface area contributed by atoms with Crippen molar-refractivity contribution in [2.75, 3.05) is 37.3 Å². The van der Waals surface area contributed by atoms with Crippen molar-refractivity contribution < 1.29 is 31.8 Å². The summed E-state index contributed by atoms with van der Waals surface area (Å²) in [6.07, 6.45) is -3.95. The third kappa shape index (κ3) is 6.70. The topological polar surface area (TPSA) is 68.0 Å². The summed E-state index contributed by atoms with van der Waals surface area (Å²) in [5.41, 5.74) is 4.09. The summed E-state index contributed by atoms with van der Waals surface area (Å²) in [4.78, 5) is 15.4. The Kier molecular flexibility index (Phi) is 7.71. The van der Waals surface area contributed by atoms with Crippen LogP contribution in [0.15, 0.2) is 36.4 Å². The van der Waals surface area contributed by atoms with Gasteiger partial charge in [0.2, 0.25) is 0 Å². The predicted octanol–water partition coefficient (Wildman–Crippen LogP) is 6.30. The number of carbonyl (C=O) groups excluding carboxylic acids is 1. The van der Waals surface area contributed by atoms with Crippen molar-refractivity contribution in [1.82, 2.24) is 4.90 Å². The van der Waals surface area contributed by atoms with Crippen molar-refractivity contribution in [3.63, 3.8) is 0 Å². The first-order chi connectivity index (χ1) is 16.3. The Balaban J connectivity index is 1.89. The molecule has 35 heavy (non-hydrogen) atoms. The molecule has 0 unspecified atom stereocenters. The molecule has 1 atom stereocenters. The zero-order valence-corrected chi connectivity index (χ0v) is 20.3. The first kappa shape index (κ1) is 26.4. The molecule has 10 heteroatoms. The molecule has 1 heterocycles. The molecule has 1 aliphatic heterocycles. The lowest BCUT2D eigenvalue weighted by Crippen LogP contribution is -2.43. The van der Waals surface area contributed by atoms with E-state index < -0.39 is 35.0 Å². The van der Waals surface area contributed by atoms with Gasteiger partial charge in [0.15, 0.2) is 11.6 Å². The number of hydrogen-bond acceptors (Lipinski definition) is 5. The normalized spacial score (nSPS) is 16.7. The number of nitrogens with zero attached hydrogens (tertiary/aromatic N) is 2. The van der Waals surface area contributed by atoms with E-state index in [0.717, 1.165) is 18.6 Å². The van der Waals surface area contributed by atoms with Crippen LogP contribution in [-0.2, 0) is 10.9 Å². The molecule has 0 saturated carbocycles. The fraction of sp³-hybridized carbons (Fsp3) is 0.480. The van der Waals surface area contributed by atoms with Crippen LogP contribution in [0.25, 0.3) is 0 Å². The highest BCUT2D eigenvalue weighted by Crippen LogP contribution is 2.47. The fourth-order valence-electron chi connectivity index (χ4n) is 4.15. The third-order valence-corrected chi connectivity index (χ3v) is 5.58. The number of halogens is 4. The Hall–Kier alpha value is -3.17. The first-order valence-corrected chi connectivity index (χ1v) is 11.4. The summed E-state index contributed by atoms with van der Waals surface area (Å²) < 4.78 is 67.7. The van der Waals surface area contributed by atoms with Crippen LogP contribution in [0.4, 0.5) is 33.7 Å². The fourth-order valence-corrected chi connectivity index (χ4v) is 4.15. The molecule has 1 fully saturated rings. The number of para-hydroxylation sites is 1. The second-order valence-electron chi connectivity index (χ2n) is 9.72. The van der Waals surface area contributed by atoms with Crippen molar-refractivity contribution >= 4 is 17.5 Å². The van der Waals surface area contributed by atoms with Gasteiger partial charge in [-0.1, -0.05) is 12.1 Å². The molecular formula is C25H31F4N3O3. The predicted molar refractivity (Wildman–Crippen MR) is 126 cm³/mol. The molecule has 0 aliphatic carbocycles. The number of alkyl halides is 3. The van der Waals surface area contributed by atoms with Crippen molar-refractivity contribution in [3.05, 3.63) is 47.8 Å². The monoisotopic (exact) mass is 497 g/mol. The molecule has 0 spiro atoms. The number of carbonyl (C=O) groups is 1. The van der Waals surface area contributed by atoms with Crippen LogP contribution in [0.1, 0.15) is 39.2 Å². The number of nitrogens with two attached hydrogens (primary N) is 1. The van der Waals surface area contributed by atoms with E-state index in [4.69, 9.17) is 15.2 Å². The number of rotatable bonds is 5. The Labute approximate surface area is 202 Å². The van der Waals surface area contributed by atoms with Gasteiger partial charge in [-0.25, -0.2) is 9.18 Å². The summed E-state index contributed by atoms with van der Waals surface area (Å²) >= 11 is 0. The van der Waals surface area contributed by atoms with Gasteiger partial charge in [-0.3, -0.25) is 0 Å². The van der Waals surface area contributed by atoms with Gasteiger partial charge >= 0.3 is 12.3 Å². The van der Waals surface area contributed by atoms with Gasteiger partial charge in [-0.2, -0.15) is 13.2 Å². The van der Waals surface area contributed by atoms with E-state index in [1.54, 1.807) is 32.7 Å². The summed E-state index contributed by atoms with van der Waals surface area (Å²) in [7, 11) is 1.60. The van der Waals surface area contributed by atoms with Crippen LogP contribution in [0.2, 0.25) is 0 Å². The molecule has 0 radical (unpaired) electrons. The van der Waals surface area contributed by atoms with Crippen LogP contribution < -0.4 is 15.4 Å². The van der Waals surface area contributed by atoms with Crippen LogP contribution in [0.3, 0.4) is 0 Å². The Morgan fingerprint density at radius 3 is 2.46 bits per heavy atom. The van der Waals surface area contributed by atoms with Gasteiger partial charge in [-0.15, -0.1) is 0 Å². The first-order valence-electron chi connectivity index (χ1n) is 11.4. The maximum absolute atomic E-state index is 14.3. The lowest BCUT2D eigenvalue weighted by molar-refractivity contribution is -0.138. The van der Waals surface area contributed by atoms with Gasteiger partial charge in [0.1, 0.15) is 16.9 Å². The summed E-state index contributed by atoms with van der Waals surface area (Å²) in [5.74, 6) is -1.72. The Bertz CT molecular complexity index is 1050. The Morgan fingerprint density at radius 1 is 1.14 bits per heavy atom. The highest BCUT2D eigenvalue weighted by atomic mass is 19.4. The number of hydrogen-bond donors (Lipinski definition) is 1. The summed E-state index contributed by atoms with van der Waals surface area (Å²) in [6.45, 7) is 6.21. The smallest absolute Gasteiger partial charge is 0.422 e. The maximum atomic E-state index is 14.3. The quantitative estimate of drug-likeness (QED) is 0.388. The largest absolute Gasteiger partial charge is 0.454 e. The lowest BCUT2D eigenvalue weighted by atomic mass is 9.95. The second kappa shape index (κ2) is 10.2. The van der Waals surface area contributed by atoms with Gasteiger partial charge in [0.25, 0.3) is 0 Å². The number of amides is 1. The third-order valence-electron chi connectivity index (χ3n) is 5.58. The minimum atomic E-state index is -4.80. The molecule has 1 aliphatic rings. The molecular weight excluding hydrogens is 466 g/mol. The van der Waals surface area contributed by atoms with E-state index in [1.165, 1.54) is 29.2 Å².